The minimum atomic E-state index is -0.709. The van der Waals surface area contributed by atoms with Crippen LogP contribution in [-0.2, 0) is 16.0 Å². The normalized spacial score (nSPS) is 19.9. The predicted molar refractivity (Wildman–Crippen MR) is 77.8 cm³/mol. The number of nitrogens with zero attached hydrogens (tertiary/aromatic N) is 1. The molecule has 2 rings (SSSR count). The first-order valence-corrected chi connectivity index (χ1v) is 7.34. The van der Waals surface area contributed by atoms with Crippen molar-refractivity contribution in [2.75, 3.05) is 26.2 Å². The lowest BCUT2D eigenvalue weighted by atomic mass is 10.1. The maximum atomic E-state index is 10.5. The van der Waals surface area contributed by atoms with Crippen LogP contribution in [-0.4, -0.2) is 48.3 Å². The molecule has 4 heteroatoms. The third kappa shape index (κ3) is 5.31. The second-order valence-corrected chi connectivity index (χ2v) is 5.31. The zero-order chi connectivity index (χ0) is 14.2. The van der Waals surface area contributed by atoms with Crippen molar-refractivity contribution in [2.45, 2.75) is 31.8 Å². The van der Waals surface area contributed by atoms with Gasteiger partial charge in [-0.2, -0.15) is 0 Å². The Balaban J connectivity index is 1.69. The summed E-state index contributed by atoms with van der Waals surface area (Å²) in [5.74, 6) is -0.709. The fourth-order valence-corrected chi connectivity index (χ4v) is 2.58. The van der Waals surface area contributed by atoms with Crippen LogP contribution in [0.15, 0.2) is 30.3 Å². The van der Waals surface area contributed by atoms with Crippen LogP contribution < -0.4 is 0 Å². The second kappa shape index (κ2) is 8.02. The maximum Gasteiger partial charge on any atom is 0.303 e. The molecule has 0 aliphatic carbocycles. The van der Waals surface area contributed by atoms with Crippen LogP contribution in [0.3, 0.4) is 0 Å². The molecule has 0 radical (unpaired) electrons. The van der Waals surface area contributed by atoms with Gasteiger partial charge in [-0.3, -0.25) is 9.69 Å². The van der Waals surface area contributed by atoms with Gasteiger partial charge in [0.2, 0.25) is 0 Å². The third-order valence-electron chi connectivity index (χ3n) is 3.69. The van der Waals surface area contributed by atoms with Crippen LogP contribution in [0.25, 0.3) is 0 Å². The summed E-state index contributed by atoms with van der Waals surface area (Å²) in [6, 6.07) is 10.5. The summed E-state index contributed by atoms with van der Waals surface area (Å²) in [4.78, 5) is 12.8. The topological polar surface area (TPSA) is 49.8 Å². The number of aryl methyl sites for hydroxylation is 1. The first-order chi connectivity index (χ1) is 9.74. The number of carboxylic acids is 1. The molecular weight excluding hydrogens is 254 g/mol. The number of carboxylic acid groups (broad SMARTS) is 1. The SMILES string of the molecule is O=C(O)CCCN1CCOC(CCc2ccccc2)C1. The Bertz CT molecular complexity index is 407. The second-order valence-electron chi connectivity index (χ2n) is 5.31. The Morgan fingerprint density at radius 2 is 2.15 bits per heavy atom. The van der Waals surface area contributed by atoms with Gasteiger partial charge in [0.05, 0.1) is 12.7 Å². The molecule has 0 saturated carbocycles. The van der Waals surface area contributed by atoms with Crippen molar-refractivity contribution >= 4 is 5.97 Å². The number of rotatable bonds is 7. The maximum absolute atomic E-state index is 10.5. The van der Waals surface area contributed by atoms with Gasteiger partial charge in [0, 0.05) is 19.5 Å². The molecule has 1 atom stereocenters. The number of aliphatic carboxylic acids is 1. The summed E-state index contributed by atoms with van der Waals surface area (Å²) in [5, 5.41) is 8.66. The molecule has 0 bridgehead atoms. The number of hydrogen-bond donors (Lipinski definition) is 1. The van der Waals surface area contributed by atoms with E-state index in [1.165, 1.54) is 5.56 Å². The molecule has 1 unspecified atom stereocenters. The van der Waals surface area contributed by atoms with E-state index in [0.717, 1.165) is 45.5 Å². The van der Waals surface area contributed by atoms with Crippen molar-refractivity contribution in [3.05, 3.63) is 35.9 Å². The van der Waals surface area contributed by atoms with Crippen LogP contribution >= 0.6 is 0 Å². The van der Waals surface area contributed by atoms with E-state index in [-0.39, 0.29) is 12.5 Å². The zero-order valence-corrected chi connectivity index (χ0v) is 11.8. The van der Waals surface area contributed by atoms with Crippen LogP contribution in [0.4, 0.5) is 0 Å². The lowest BCUT2D eigenvalue weighted by Crippen LogP contribution is -2.43. The quantitative estimate of drug-likeness (QED) is 0.830. The molecule has 4 nitrogen and oxygen atoms in total. The van der Waals surface area contributed by atoms with Gasteiger partial charge < -0.3 is 9.84 Å². The van der Waals surface area contributed by atoms with Crippen LogP contribution in [0.5, 0.6) is 0 Å². The van der Waals surface area contributed by atoms with Gasteiger partial charge in [-0.1, -0.05) is 30.3 Å². The van der Waals surface area contributed by atoms with E-state index < -0.39 is 5.97 Å². The van der Waals surface area contributed by atoms with Crippen molar-refractivity contribution < 1.29 is 14.6 Å². The van der Waals surface area contributed by atoms with Crippen LogP contribution in [0.2, 0.25) is 0 Å². The van der Waals surface area contributed by atoms with Gasteiger partial charge in [0.15, 0.2) is 0 Å². The molecule has 20 heavy (non-hydrogen) atoms. The highest BCUT2D eigenvalue weighted by atomic mass is 16.5. The highest BCUT2D eigenvalue weighted by molar-refractivity contribution is 5.66. The van der Waals surface area contributed by atoms with Crippen molar-refractivity contribution in [1.29, 1.82) is 0 Å². The Kier molecular flexibility index (Phi) is 6.02. The predicted octanol–water partition coefficient (Wildman–Crippen LogP) is 2.18. The summed E-state index contributed by atoms with van der Waals surface area (Å²) >= 11 is 0. The molecule has 110 valence electrons. The number of ether oxygens (including phenoxy) is 1. The molecule has 0 aromatic heterocycles. The zero-order valence-electron chi connectivity index (χ0n) is 11.8. The summed E-state index contributed by atoms with van der Waals surface area (Å²) in [6.07, 6.45) is 3.31. The Labute approximate surface area is 120 Å². The number of hydrogen-bond acceptors (Lipinski definition) is 3. The minimum Gasteiger partial charge on any atom is -0.481 e. The van der Waals surface area contributed by atoms with Gasteiger partial charge in [-0.15, -0.1) is 0 Å². The van der Waals surface area contributed by atoms with E-state index >= 15 is 0 Å². The van der Waals surface area contributed by atoms with Crippen molar-refractivity contribution in [1.82, 2.24) is 4.90 Å². The van der Waals surface area contributed by atoms with E-state index in [1.54, 1.807) is 0 Å². The lowest BCUT2D eigenvalue weighted by molar-refractivity contribution is -0.137. The van der Waals surface area contributed by atoms with Crippen molar-refractivity contribution in [3.63, 3.8) is 0 Å². The summed E-state index contributed by atoms with van der Waals surface area (Å²) in [7, 11) is 0. The molecule has 1 aliphatic rings. The first-order valence-electron chi connectivity index (χ1n) is 7.34. The average Bonchev–Trinajstić information content (AvgIpc) is 2.46. The van der Waals surface area contributed by atoms with E-state index in [0.29, 0.717) is 0 Å². The number of morpholine rings is 1. The first kappa shape index (κ1) is 15.0. The molecular formula is C16H23NO3. The highest BCUT2D eigenvalue weighted by Gasteiger charge is 2.19. The smallest absolute Gasteiger partial charge is 0.303 e. The molecule has 1 heterocycles. The number of carbonyl (C=O) groups is 1. The molecule has 0 amide bonds. The minimum absolute atomic E-state index is 0.256. The monoisotopic (exact) mass is 277 g/mol. The van der Waals surface area contributed by atoms with Crippen LogP contribution in [0.1, 0.15) is 24.8 Å². The Hall–Kier alpha value is -1.39. The molecule has 1 aliphatic heterocycles. The van der Waals surface area contributed by atoms with Crippen LogP contribution in [0, 0.1) is 0 Å². The summed E-state index contributed by atoms with van der Waals surface area (Å²) in [6.45, 7) is 3.46. The lowest BCUT2D eigenvalue weighted by Gasteiger charge is -2.32. The van der Waals surface area contributed by atoms with E-state index in [2.05, 4.69) is 29.2 Å². The van der Waals surface area contributed by atoms with E-state index in [9.17, 15) is 4.79 Å². The fourth-order valence-electron chi connectivity index (χ4n) is 2.58. The van der Waals surface area contributed by atoms with Gasteiger partial charge >= 0.3 is 5.97 Å². The molecule has 1 saturated heterocycles. The van der Waals surface area contributed by atoms with Gasteiger partial charge in [-0.25, -0.2) is 0 Å². The summed E-state index contributed by atoms with van der Waals surface area (Å²) < 4.78 is 5.80. The highest BCUT2D eigenvalue weighted by Crippen LogP contribution is 2.13. The standard InChI is InChI=1S/C16H23NO3/c18-16(19)7-4-10-17-11-12-20-15(13-17)9-8-14-5-2-1-3-6-14/h1-3,5-6,15H,4,7-13H2,(H,18,19). The Morgan fingerprint density at radius 1 is 1.35 bits per heavy atom. The fraction of sp³-hybridized carbons (Fsp3) is 0.562. The Morgan fingerprint density at radius 3 is 2.90 bits per heavy atom. The van der Waals surface area contributed by atoms with Crippen molar-refractivity contribution in [3.8, 4) is 0 Å². The van der Waals surface area contributed by atoms with Gasteiger partial charge in [-0.05, 0) is 31.4 Å². The largest absolute Gasteiger partial charge is 0.481 e. The molecule has 0 spiro atoms. The van der Waals surface area contributed by atoms with E-state index in [4.69, 9.17) is 9.84 Å². The van der Waals surface area contributed by atoms with E-state index in [1.807, 2.05) is 6.07 Å². The number of benzene rings is 1. The average molecular weight is 277 g/mol. The third-order valence-corrected chi connectivity index (χ3v) is 3.69. The molecule has 1 fully saturated rings. The molecule has 1 N–H and O–H groups in total. The van der Waals surface area contributed by atoms with Gasteiger partial charge in [0.1, 0.15) is 0 Å². The molecule has 1 aromatic rings. The summed E-state index contributed by atoms with van der Waals surface area (Å²) in [5.41, 5.74) is 1.35. The van der Waals surface area contributed by atoms with Crippen molar-refractivity contribution in [2.24, 2.45) is 0 Å². The van der Waals surface area contributed by atoms with Gasteiger partial charge in [0.25, 0.3) is 0 Å². The molecule has 1 aromatic carbocycles.